The number of aliphatic hydroxyl groups is 1. The van der Waals surface area contributed by atoms with E-state index < -0.39 is 29.4 Å². The second-order valence-corrected chi connectivity index (χ2v) is 30.1. The van der Waals surface area contributed by atoms with Crippen LogP contribution in [-0.2, 0) is 165 Å². The highest BCUT2D eigenvalue weighted by Gasteiger charge is 2.46. The van der Waals surface area contributed by atoms with Gasteiger partial charge in [0.15, 0.2) is 0 Å². The number of hydrogen-bond acceptors (Lipinski definition) is 34. The number of esters is 2. The molecule has 35 nitrogen and oxygen atoms in total. The van der Waals surface area contributed by atoms with Crippen LogP contribution in [-0.4, -0.2) is 370 Å². The first-order chi connectivity index (χ1) is 63.7. The number of imide groups is 1. The largest absolute Gasteiger partial charge is 0.461 e. The number of carbonyl (C=O) groups is 5. The minimum Gasteiger partial charge on any atom is -0.461 e. The van der Waals surface area contributed by atoms with Gasteiger partial charge in [-0.3, -0.25) is 24.5 Å². The van der Waals surface area contributed by atoms with Gasteiger partial charge in [-0.2, -0.15) is 0 Å². The second-order valence-electron chi connectivity index (χ2n) is 30.1. The Balaban J connectivity index is 0.962. The zero-order valence-corrected chi connectivity index (χ0v) is 78.1. The minimum absolute atomic E-state index is 0.0492. The second kappa shape index (κ2) is 93.4. The molecule has 0 bridgehead atoms. The van der Waals surface area contributed by atoms with Crippen molar-refractivity contribution in [2.45, 2.75) is 174 Å². The normalized spacial score (nSPS) is 13.0. The molecule has 0 aliphatic carbocycles. The number of rotatable bonds is 104. The Morgan fingerprint density at radius 1 is 0.295 bits per heavy atom. The molecule has 2 aromatic rings. The molecule has 0 spiro atoms. The van der Waals surface area contributed by atoms with E-state index in [2.05, 4.69) is 12.2 Å². The summed E-state index contributed by atoms with van der Waals surface area (Å²) in [5.41, 5.74) is 0.798. The van der Waals surface area contributed by atoms with E-state index in [-0.39, 0.29) is 51.0 Å². The van der Waals surface area contributed by atoms with Gasteiger partial charge in [-0.25, -0.2) is 4.79 Å². The molecule has 35 heteroatoms. The molecule has 1 aliphatic rings. The van der Waals surface area contributed by atoms with E-state index in [1.54, 1.807) is 0 Å². The molecule has 2 atom stereocenters. The third kappa shape index (κ3) is 75.9. The molecule has 1 fully saturated rings. The van der Waals surface area contributed by atoms with E-state index in [4.69, 9.17) is 128 Å². The van der Waals surface area contributed by atoms with Gasteiger partial charge < -0.3 is 133 Å². The molecule has 1 saturated heterocycles. The van der Waals surface area contributed by atoms with E-state index in [0.29, 0.717) is 341 Å². The summed E-state index contributed by atoms with van der Waals surface area (Å²) >= 11 is 0. The van der Waals surface area contributed by atoms with E-state index >= 15 is 0 Å². The van der Waals surface area contributed by atoms with Crippen molar-refractivity contribution >= 4 is 29.7 Å². The van der Waals surface area contributed by atoms with Crippen LogP contribution in [0.2, 0.25) is 0 Å². The first kappa shape index (κ1) is 118. The first-order valence-electron chi connectivity index (χ1n) is 47.5. The molecule has 1 aliphatic heterocycles. The highest BCUT2D eigenvalue weighted by atomic mass is 16.7. The van der Waals surface area contributed by atoms with E-state index in [0.717, 1.165) is 81.8 Å². The van der Waals surface area contributed by atoms with Crippen LogP contribution in [0, 0.1) is 5.41 Å². The van der Waals surface area contributed by atoms with Gasteiger partial charge in [0.05, 0.1) is 324 Å². The van der Waals surface area contributed by atoms with Gasteiger partial charge >= 0.3 is 17.9 Å². The molecular formula is C94H164N2O33. The highest BCUT2D eigenvalue weighted by Crippen LogP contribution is 2.37. The fourth-order valence-corrected chi connectivity index (χ4v) is 12.5. The number of hydrogen-bond donors (Lipinski definition) is 2. The number of nitrogens with one attached hydrogen (secondary N) is 1. The van der Waals surface area contributed by atoms with Crippen molar-refractivity contribution < 1.29 is 157 Å². The zero-order valence-electron chi connectivity index (χ0n) is 78.1. The van der Waals surface area contributed by atoms with Crippen LogP contribution in [0.25, 0.3) is 0 Å². The summed E-state index contributed by atoms with van der Waals surface area (Å²) in [5.74, 6) is -2.25. The summed E-state index contributed by atoms with van der Waals surface area (Å²) in [7, 11) is 0. The van der Waals surface area contributed by atoms with Crippen molar-refractivity contribution in [2.24, 2.45) is 5.41 Å². The van der Waals surface area contributed by atoms with Crippen LogP contribution in [0.5, 0.6) is 0 Å². The van der Waals surface area contributed by atoms with Gasteiger partial charge in [0.2, 0.25) is 0 Å². The SMILES string of the molecule is CCCCCCCCCCCC(CCCCCCCCCCC(=O)OCc1ccccc1)(C(=O)OCc1ccccc1)C(O)NCCOCCOCCOCCOCCOCCOCCOCCOCCOCCOCCOCCOCCOCCOCCOCCOCCOCCOCCOCCOCCOCCOCCOCCOCCC(=O)ON1C(=O)CCC1=O. The Bertz CT molecular complexity index is 2750. The summed E-state index contributed by atoms with van der Waals surface area (Å²) in [5, 5.41) is 15.8. The number of unbranched alkanes of at least 4 members (excludes halogenated alkanes) is 15. The fraction of sp³-hybridized carbons (Fsp3) is 0.819. The zero-order chi connectivity index (χ0) is 91.9. The van der Waals surface area contributed by atoms with Crippen LogP contribution < -0.4 is 5.32 Å². The molecule has 2 amide bonds. The van der Waals surface area contributed by atoms with Gasteiger partial charge in [-0.05, 0) is 30.4 Å². The molecule has 748 valence electrons. The standard InChI is InChI=1S/C94H164N2O33/c1-2-3-4-5-6-8-11-14-23-33-94(93(102)128-85-87-27-20-17-21-28-87,34-24-15-12-9-7-10-13-22-29-90(99)127-84-86-25-18-16-19-26-86)92(101)95-35-37-104-39-41-106-43-45-108-47-49-110-51-53-112-55-57-114-59-61-116-63-65-118-67-69-120-71-73-122-75-77-124-79-81-126-83-82-125-80-78-123-76-74-121-72-70-119-68-66-117-64-62-115-60-58-113-56-54-111-52-50-109-48-46-107-44-42-105-40-38-103-36-32-91(100)129-96-88(97)30-31-89(96)98/h16-21,25-28,92,95,101H,2-15,22-24,29-85H2,1H3. The lowest BCUT2D eigenvalue weighted by molar-refractivity contribution is -0.198. The fourth-order valence-electron chi connectivity index (χ4n) is 12.5. The van der Waals surface area contributed by atoms with Crippen molar-refractivity contribution in [3.05, 3.63) is 71.8 Å². The predicted molar refractivity (Wildman–Crippen MR) is 478 cm³/mol. The maximum absolute atomic E-state index is 14.4. The average Bonchev–Trinajstić information content (AvgIpc) is 1.64. The van der Waals surface area contributed by atoms with Crippen LogP contribution >= 0.6 is 0 Å². The van der Waals surface area contributed by atoms with Gasteiger partial charge in [0.25, 0.3) is 11.8 Å². The van der Waals surface area contributed by atoms with Crippen molar-refractivity contribution in [2.75, 3.05) is 324 Å². The molecule has 2 aromatic carbocycles. The van der Waals surface area contributed by atoms with Crippen LogP contribution in [0.4, 0.5) is 0 Å². The molecule has 1 heterocycles. The predicted octanol–water partition coefficient (Wildman–Crippen LogP) is 9.59. The minimum atomic E-state index is -1.11. The van der Waals surface area contributed by atoms with Gasteiger partial charge in [-0.1, -0.05) is 170 Å². The number of benzene rings is 2. The molecule has 0 aromatic heterocycles. The third-order valence-corrected chi connectivity index (χ3v) is 19.7. The lowest BCUT2D eigenvalue weighted by atomic mass is 9.75. The lowest BCUT2D eigenvalue weighted by Gasteiger charge is -2.36. The van der Waals surface area contributed by atoms with Crippen molar-refractivity contribution in [3.8, 4) is 0 Å². The number of aliphatic hydroxyl groups excluding tert-OH is 1. The summed E-state index contributed by atoms with van der Waals surface area (Å²) in [4.78, 5) is 66.1. The number of nitrogens with zero attached hydrogens (tertiary/aromatic N) is 1. The number of amides is 2. The number of carbonyl (C=O) groups excluding carboxylic acids is 5. The summed E-state index contributed by atoms with van der Waals surface area (Å²) in [6, 6.07) is 19.5. The molecule has 3 rings (SSSR count). The highest BCUT2D eigenvalue weighted by molar-refractivity contribution is 6.01. The van der Waals surface area contributed by atoms with E-state index in [1.165, 1.54) is 38.5 Å². The first-order valence-corrected chi connectivity index (χ1v) is 47.5. The molecule has 129 heavy (non-hydrogen) atoms. The molecular weight excluding hydrogens is 1690 g/mol. The monoisotopic (exact) mass is 1850 g/mol. The average molecular weight is 1850 g/mol. The van der Waals surface area contributed by atoms with Gasteiger partial charge in [0.1, 0.15) is 24.9 Å². The summed E-state index contributed by atoms with van der Waals surface area (Å²) < 4.78 is 145. The van der Waals surface area contributed by atoms with E-state index in [1.807, 2.05) is 60.7 Å². The topological polar surface area (TPSA) is 370 Å². The third-order valence-electron chi connectivity index (χ3n) is 19.7. The maximum Gasteiger partial charge on any atom is 0.335 e. The Morgan fingerprint density at radius 3 is 0.798 bits per heavy atom. The Kier molecular flexibility index (Phi) is 85.5. The Hall–Kier alpha value is -5.05. The van der Waals surface area contributed by atoms with E-state index in [9.17, 15) is 29.1 Å². The van der Waals surface area contributed by atoms with Crippen molar-refractivity contribution in [3.63, 3.8) is 0 Å². The lowest BCUT2D eigenvalue weighted by Crippen LogP contribution is -2.52. The molecule has 2 N–H and O–H groups in total. The number of ether oxygens (including phenoxy) is 26. The van der Waals surface area contributed by atoms with Gasteiger partial charge in [-0.15, -0.1) is 5.06 Å². The van der Waals surface area contributed by atoms with Crippen LogP contribution in [0.1, 0.15) is 166 Å². The smallest absolute Gasteiger partial charge is 0.335 e. The number of hydroxylamine groups is 2. The summed E-state index contributed by atoms with van der Waals surface area (Å²) in [6.07, 6.45) is 18.6. The Labute approximate surface area is 768 Å². The molecule has 0 radical (unpaired) electrons. The van der Waals surface area contributed by atoms with Crippen molar-refractivity contribution in [1.29, 1.82) is 0 Å². The van der Waals surface area contributed by atoms with Crippen LogP contribution in [0.15, 0.2) is 60.7 Å². The Morgan fingerprint density at radius 2 is 0.527 bits per heavy atom. The molecule has 0 saturated carbocycles. The maximum atomic E-state index is 14.4. The van der Waals surface area contributed by atoms with Crippen LogP contribution in [0.3, 0.4) is 0 Å². The quantitative estimate of drug-likeness (QED) is 0.0269. The van der Waals surface area contributed by atoms with Crippen molar-refractivity contribution in [1.82, 2.24) is 10.4 Å². The van der Waals surface area contributed by atoms with Gasteiger partial charge in [0, 0.05) is 25.8 Å². The molecule has 2 unspecified atom stereocenters. The summed E-state index contributed by atoms with van der Waals surface area (Å²) in [6.45, 7) is 23.9.